The Morgan fingerprint density at radius 3 is 2.63 bits per heavy atom. The van der Waals surface area contributed by atoms with Gasteiger partial charge in [-0.2, -0.15) is 0 Å². The van der Waals surface area contributed by atoms with Crippen LogP contribution < -0.4 is 4.90 Å². The van der Waals surface area contributed by atoms with E-state index in [1.54, 1.807) is 4.90 Å². The van der Waals surface area contributed by atoms with Gasteiger partial charge in [-0.15, -0.1) is 0 Å². The lowest BCUT2D eigenvalue weighted by molar-refractivity contribution is -0.139. The highest BCUT2D eigenvalue weighted by Gasteiger charge is 2.29. The molecule has 0 aromatic heterocycles. The molecule has 0 bridgehead atoms. The van der Waals surface area contributed by atoms with E-state index in [4.69, 9.17) is 0 Å². The largest absolute Gasteiger partial charge is 0.469 e. The summed E-state index contributed by atoms with van der Waals surface area (Å²) in [7, 11) is 1.38. The van der Waals surface area contributed by atoms with Crippen LogP contribution in [0.1, 0.15) is 12.0 Å². The fourth-order valence-electron chi connectivity index (χ4n) is 2.17. The molecule has 1 heterocycles. The van der Waals surface area contributed by atoms with Crippen LogP contribution in [0.5, 0.6) is 0 Å². The third-order valence-corrected chi connectivity index (χ3v) is 4.16. The van der Waals surface area contributed by atoms with E-state index in [1.165, 1.54) is 7.11 Å². The SMILES string of the molecule is COC(=O)Cc1ccc(N2CC(CBr)CC2=O)cc1. The van der Waals surface area contributed by atoms with Gasteiger partial charge in [0, 0.05) is 24.0 Å². The van der Waals surface area contributed by atoms with Crippen molar-refractivity contribution in [2.45, 2.75) is 12.8 Å². The van der Waals surface area contributed by atoms with Gasteiger partial charge in [0.15, 0.2) is 0 Å². The molecular weight excluding hydrogens is 310 g/mol. The number of alkyl halides is 1. The first-order chi connectivity index (χ1) is 9.13. The van der Waals surface area contributed by atoms with Gasteiger partial charge in [0.25, 0.3) is 0 Å². The highest BCUT2D eigenvalue weighted by molar-refractivity contribution is 9.09. The standard InChI is InChI=1S/C14H16BrNO3/c1-19-14(18)7-10-2-4-12(5-3-10)16-9-11(8-15)6-13(16)17/h2-5,11H,6-9H2,1H3. The van der Waals surface area contributed by atoms with Crippen LogP contribution in [0.4, 0.5) is 5.69 Å². The summed E-state index contributed by atoms with van der Waals surface area (Å²) in [6.45, 7) is 0.750. The summed E-state index contributed by atoms with van der Waals surface area (Å²) in [5.74, 6) is 0.275. The maximum Gasteiger partial charge on any atom is 0.309 e. The number of halogens is 1. The molecular formula is C14H16BrNO3. The summed E-state index contributed by atoms with van der Waals surface area (Å²) in [4.78, 5) is 24.8. The molecule has 0 aliphatic carbocycles. The summed E-state index contributed by atoms with van der Waals surface area (Å²) < 4.78 is 4.62. The third-order valence-electron chi connectivity index (χ3n) is 3.25. The minimum absolute atomic E-state index is 0.158. The number of methoxy groups -OCH3 is 1. The Morgan fingerprint density at radius 2 is 2.11 bits per heavy atom. The predicted molar refractivity (Wildman–Crippen MR) is 76.4 cm³/mol. The van der Waals surface area contributed by atoms with Crippen LogP contribution in [0.3, 0.4) is 0 Å². The van der Waals surface area contributed by atoms with Crippen molar-refractivity contribution in [1.82, 2.24) is 0 Å². The minimum atomic E-state index is -0.260. The number of anilines is 1. The Morgan fingerprint density at radius 1 is 1.42 bits per heavy atom. The van der Waals surface area contributed by atoms with Crippen molar-refractivity contribution in [3.8, 4) is 0 Å². The van der Waals surface area contributed by atoms with Crippen LogP contribution >= 0.6 is 15.9 Å². The highest BCUT2D eigenvalue weighted by Crippen LogP contribution is 2.26. The van der Waals surface area contributed by atoms with E-state index < -0.39 is 0 Å². The van der Waals surface area contributed by atoms with E-state index in [2.05, 4.69) is 20.7 Å². The quantitative estimate of drug-likeness (QED) is 0.629. The second kappa shape index (κ2) is 6.19. The molecule has 4 nitrogen and oxygen atoms in total. The molecule has 0 radical (unpaired) electrons. The molecule has 1 aromatic rings. The summed E-state index contributed by atoms with van der Waals surface area (Å²) in [5, 5.41) is 0.843. The number of nitrogens with zero attached hydrogens (tertiary/aromatic N) is 1. The number of rotatable bonds is 4. The lowest BCUT2D eigenvalue weighted by atomic mass is 10.1. The fraction of sp³-hybridized carbons (Fsp3) is 0.429. The van der Waals surface area contributed by atoms with E-state index in [0.717, 1.165) is 23.1 Å². The number of amides is 1. The smallest absolute Gasteiger partial charge is 0.309 e. The highest BCUT2D eigenvalue weighted by atomic mass is 79.9. The Kier molecular flexibility index (Phi) is 4.58. The number of carbonyl (C=O) groups is 2. The predicted octanol–water partition coefficient (Wildman–Crippen LogP) is 2.15. The second-order valence-corrected chi connectivity index (χ2v) is 5.30. The maximum absolute atomic E-state index is 11.9. The van der Waals surface area contributed by atoms with E-state index in [9.17, 15) is 9.59 Å². The van der Waals surface area contributed by atoms with Gasteiger partial charge in [-0.3, -0.25) is 9.59 Å². The molecule has 19 heavy (non-hydrogen) atoms. The van der Waals surface area contributed by atoms with Crippen molar-refractivity contribution in [2.75, 3.05) is 23.9 Å². The average Bonchev–Trinajstić information content (AvgIpc) is 2.81. The van der Waals surface area contributed by atoms with Crippen LogP contribution in [0.15, 0.2) is 24.3 Å². The lowest BCUT2D eigenvalue weighted by Gasteiger charge is -2.16. The van der Waals surface area contributed by atoms with E-state index in [0.29, 0.717) is 12.3 Å². The van der Waals surface area contributed by atoms with Crippen molar-refractivity contribution in [3.63, 3.8) is 0 Å². The van der Waals surface area contributed by atoms with Crippen LogP contribution in [-0.4, -0.2) is 30.9 Å². The van der Waals surface area contributed by atoms with Gasteiger partial charge in [0.2, 0.25) is 5.91 Å². The van der Waals surface area contributed by atoms with E-state index in [1.807, 2.05) is 24.3 Å². The molecule has 1 fully saturated rings. The molecule has 1 aliphatic rings. The molecule has 1 aromatic carbocycles. The normalized spacial score (nSPS) is 18.7. The minimum Gasteiger partial charge on any atom is -0.469 e. The first kappa shape index (κ1) is 14.1. The molecule has 1 atom stereocenters. The molecule has 1 aliphatic heterocycles. The molecule has 102 valence electrons. The second-order valence-electron chi connectivity index (χ2n) is 4.65. The van der Waals surface area contributed by atoms with Gasteiger partial charge in [-0.1, -0.05) is 28.1 Å². The van der Waals surface area contributed by atoms with Crippen LogP contribution in [0.2, 0.25) is 0 Å². The fourth-order valence-corrected chi connectivity index (χ4v) is 2.60. The monoisotopic (exact) mass is 325 g/mol. The van der Waals surface area contributed by atoms with Crippen molar-refractivity contribution in [3.05, 3.63) is 29.8 Å². The van der Waals surface area contributed by atoms with Gasteiger partial charge in [-0.05, 0) is 23.6 Å². The first-order valence-corrected chi connectivity index (χ1v) is 7.28. The summed E-state index contributed by atoms with van der Waals surface area (Å²) >= 11 is 3.42. The summed E-state index contributed by atoms with van der Waals surface area (Å²) in [6, 6.07) is 7.49. The number of esters is 1. The molecule has 0 saturated carbocycles. The average molecular weight is 326 g/mol. The number of hydrogen-bond donors (Lipinski definition) is 0. The first-order valence-electron chi connectivity index (χ1n) is 6.16. The van der Waals surface area contributed by atoms with Crippen molar-refractivity contribution in [2.24, 2.45) is 5.92 Å². The zero-order valence-electron chi connectivity index (χ0n) is 10.8. The van der Waals surface area contributed by atoms with Crippen molar-refractivity contribution < 1.29 is 14.3 Å². The van der Waals surface area contributed by atoms with E-state index >= 15 is 0 Å². The summed E-state index contributed by atoms with van der Waals surface area (Å²) in [6.07, 6.45) is 0.851. The molecule has 0 N–H and O–H groups in total. The molecule has 2 rings (SSSR count). The molecule has 5 heteroatoms. The van der Waals surface area contributed by atoms with Crippen LogP contribution in [0.25, 0.3) is 0 Å². The number of ether oxygens (including phenoxy) is 1. The summed E-state index contributed by atoms with van der Waals surface area (Å²) in [5.41, 5.74) is 1.78. The number of benzene rings is 1. The number of carbonyl (C=O) groups excluding carboxylic acids is 2. The van der Waals surface area contributed by atoms with E-state index in [-0.39, 0.29) is 18.3 Å². The van der Waals surface area contributed by atoms with Crippen molar-refractivity contribution in [1.29, 1.82) is 0 Å². The van der Waals surface area contributed by atoms with Gasteiger partial charge >= 0.3 is 5.97 Å². The van der Waals surface area contributed by atoms with Crippen LogP contribution in [-0.2, 0) is 20.7 Å². The molecule has 1 amide bonds. The topological polar surface area (TPSA) is 46.6 Å². The van der Waals surface area contributed by atoms with Gasteiger partial charge in [0.1, 0.15) is 0 Å². The Labute approximate surface area is 120 Å². The Balaban J connectivity index is 2.06. The zero-order chi connectivity index (χ0) is 13.8. The van der Waals surface area contributed by atoms with Crippen LogP contribution in [0, 0.1) is 5.92 Å². The Bertz CT molecular complexity index is 472. The molecule has 1 saturated heterocycles. The van der Waals surface area contributed by atoms with Gasteiger partial charge in [-0.25, -0.2) is 0 Å². The molecule has 1 unspecified atom stereocenters. The maximum atomic E-state index is 11.9. The number of hydrogen-bond acceptors (Lipinski definition) is 3. The van der Waals surface area contributed by atoms with Crippen molar-refractivity contribution >= 4 is 33.5 Å². The van der Waals surface area contributed by atoms with Gasteiger partial charge < -0.3 is 9.64 Å². The lowest BCUT2D eigenvalue weighted by Crippen LogP contribution is -2.24. The third kappa shape index (κ3) is 3.35. The zero-order valence-corrected chi connectivity index (χ0v) is 12.4. The van der Waals surface area contributed by atoms with Gasteiger partial charge in [0.05, 0.1) is 13.5 Å². The Hall–Kier alpha value is -1.36. The molecule has 0 spiro atoms.